The van der Waals surface area contributed by atoms with Crippen molar-refractivity contribution < 1.29 is 9.18 Å². The maximum Gasteiger partial charge on any atom is 0.262 e. The maximum atomic E-state index is 14.4. The largest absolute Gasteiger partial charge is 0.360 e. The number of fused-ring (bicyclic) bond motifs is 1. The van der Waals surface area contributed by atoms with E-state index >= 15 is 0 Å². The first-order valence-electron chi connectivity index (χ1n) is 7.74. The molecule has 0 saturated carbocycles. The Kier molecular flexibility index (Phi) is 3.50. The second kappa shape index (κ2) is 5.81. The summed E-state index contributed by atoms with van der Waals surface area (Å²) in [5.74, 6) is -0.494. The number of amides is 1. The molecule has 1 aliphatic heterocycles. The van der Waals surface area contributed by atoms with Crippen molar-refractivity contribution in [2.24, 2.45) is 0 Å². The minimum atomic E-state index is -0.601. The van der Waals surface area contributed by atoms with Crippen LogP contribution in [0.15, 0.2) is 78.9 Å². The molecule has 4 heteroatoms. The van der Waals surface area contributed by atoms with E-state index in [1.807, 2.05) is 48.5 Å². The number of anilines is 2. The van der Waals surface area contributed by atoms with Gasteiger partial charge in [-0.3, -0.25) is 9.69 Å². The Hall–Kier alpha value is -3.14. The molecule has 1 unspecified atom stereocenters. The van der Waals surface area contributed by atoms with E-state index in [0.29, 0.717) is 16.8 Å². The quantitative estimate of drug-likeness (QED) is 0.749. The predicted octanol–water partition coefficient (Wildman–Crippen LogP) is 4.60. The number of hydrogen-bond donors (Lipinski definition) is 1. The average molecular weight is 318 g/mol. The lowest BCUT2D eigenvalue weighted by Gasteiger charge is -2.38. The molecule has 3 aromatic rings. The van der Waals surface area contributed by atoms with Gasteiger partial charge < -0.3 is 5.32 Å². The van der Waals surface area contributed by atoms with Crippen LogP contribution in [0.1, 0.15) is 22.1 Å². The van der Waals surface area contributed by atoms with Gasteiger partial charge in [-0.2, -0.15) is 0 Å². The van der Waals surface area contributed by atoms with Gasteiger partial charge >= 0.3 is 0 Å². The van der Waals surface area contributed by atoms with Gasteiger partial charge in [-0.1, -0.05) is 48.5 Å². The predicted molar refractivity (Wildman–Crippen MR) is 92.5 cm³/mol. The van der Waals surface area contributed by atoms with Crippen molar-refractivity contribution in [2.45, 2.75) is 6.17 Å². The molecule has 3 aromatic carbocycles. The zero-order chi connectivity index (χ0) is 16.5. The minimum Gasteiger partial charge on any atom is -0.360 e. The lowest BCUT2D eigenvalue weighted by Crippen LogP contribution is -2.43. The average Bonchev–Trinajstić information content (AvgIpc) is 2.63. The molecule has 3 nitrogen and oxygen atoms in total. The standard InChI is InChI=1S/C20H15FN2O/c21-17-12-6-4-10-15(17)19-22-18-13-7-5-11-16(18)20(24)23(19)14-8-2-1-3-9-14/h1-13,19,22H. The fraction of sp³-hybridized carbons (Fsp3) is 0.0500. The summed E-state index contributed by atoms with van der Waals surface area (Å²) in [5, 5.41) is 3.30. The van der Waals surface area contributed by atoms with E-state index in [1.165, 1.54) is 6.07 Å². The van der Waals surface area contributed by atoms with Crippen molar-refractivity contribution >= 4 is 17.3 Å². The molecule has 0 fully saturated rings. The topological polar surface area (TPSA) is 32.3 Å². The summed E-state index contributed by atoms with van der Waals surface area (Å²) in [4.78, 5) is 14.7. The number of halogens is 1. The van der Waals surface area contributed by atoms with Crippen molar-refractivity contribution in [3.8, 4) is 0 Å². The third-order valence-electron chi connectivity index (χ3n) is 4.16. The van der Waals surface area contributed by atoms with Gasteiger partial charge in [-0.25, -0.2) is 4.39 Å². The molecule has 0 radical (unpaired) electrons. The summed E-state index contributed by atoms with van der Waals surface area (Å²) >= 11 is 0. The highest BCUT2D eigenvalue weighted by Gasteiger charge is 2.34. The number of nitrogens with zero attached hydrogens (tertiary/aromatic N) is 1. The molecule has 118 valence electrons. The Morgan fingerprint density at radius 2 is 1.50 bits per heavy atom. The van der Waals surface area contributed by atoms with Gasteiger partial charge in [0.05, 0.1) is 5.56 Å². The van der Waals surface area contributed by atoms with Crippen LogP contribution in [0.25, 0.3) is 0 Å². The van der Waals surface area contributed by atoms with Crippen LogP contribution < -0.4 is 10.2 Å². The highest BCUT2D eigenvalue weighted by atomic mass is 19.1. The molecule has 24 heavy (non-hydrogen) atoms. The molecule has 0 spiro atoms. The van der Waals surface area contributed by atoms with E-state index in [1.54, 1.807) is 29.2 Å². The normalized spacial score (nSPS) is 16.5. The third kappa shape index (κ3) is 2.33. The van der Waals surface area contributed by atoms with Crippen LogP contribution in [0.2, 0.25) is 0 Å². The van der Waals surface area contributed by atoms with Gasteiger partial charge in [-0.05, 0) is 30.3 Å². The number of carbonyl (C=O) groups is 1. The molecule has 0 saturated heterocycles. The lowest BCUT2D eigenvalue weighted by atomic mass is 10.0. The zero-order valence-corrected chi connectivity index (χ0v) is 12.8. The fourth-order valence-corrected chi connectivity index (χ4v) is 3.02. The molecular weight excluding hydrogens is 303 g/mol. The Bertz CT molecular complexity index is 895. The molecule has 4 rings (SSSR count). The van der Waals surface area contributed by atoms with E-state index in [-0.39, 0.29) is 11.7 Å². The van der Waals surface area contributed by atoms with Gasteiger partial charge in [0, 0.05) is 16.9 Å². The lowest BCUT2D eigenvalue weighted by molar-refractivity contribution is 0.0974. The van der Waals surface area contributed by atoms with E-state index < -0.39 is 6.17 Å². The number of benzene rings is 3. The van der Waals surface area contributed by atoms with E-state index in [0.717, 1.165) is 5.69 Å². The van der Waals surface area contributed by atoms with Gasteiger partial charge in [0.1, 0.15) is 12.0 Å². The number of nitrogens with one attached hydrogen (secondary N) is 1. The second-order valence-corrected chi connectivity index (χ2v) is 5.62. The SMILES string of the molecule is O=C1c2ccccc2NC(c2ccccc2F)N1c1ccccc1. The highest BCUT2D eigenvalue weighted by molar-refractivity contribution is 6.12. The van der Waals surface area contributed by atoms with Crippen LogP contribution in [-0.4, -0.2) is 5.91 Å². The Morgan fingerprint density at radius 1 is 0.833 bits per heavy atom. The van der Waals surface area contributed by atoms with Crippen LogP contribution >= 0.6 is 0 Å². The number of rotatable bonds is 2. The summed E-state index contributed by atoms with van der Waals surface area (Å²) in [6.07, 6.45) is -0.601. The Labute approximate surface area is 139 Å². The van der Waals surface area contributed by atoms with Gasteiger partial charge in [0.2, 0.25) is 0 Å². The van der Waals surface area contributed by atoms with Crippen molar-refractivity contribution in [1.82, 2.24) is 0 Å². The van der Waals surface area contributed by atoms with E-state index in [4.69, 9.17) is 0 Å². The monoisotopic (exact) mass is 318 g/mol. The Morgan fingerprint density at radius 3 is 2.29 bits per heavy atom. The minimum absolute atomic E-state index is 0.149. The summed E-state index contributed by atoms with van der Waals surface area (Å²) < 4.78 is 14.4. The molecule has 0 bridgehead atoms. The van der Waals surface area contributed by atoms with Crippen LogP contribution in [0.5, 0.6) is 0 Å². The zero-order valence-electron chi connectivity index (χ0n) is 12.8. The fourth-order valence-electron chi connectivity index (χ4n) is 3.02. The second-order valence-electron chi connectivity index (χ2n) is 5.62. The van der Waals surface area contributed by atoms with Crippen LogP contribution in [0.4, 0.5) is 15.8 Å². The Balaban J connectivity index is 1.90. The van der Waals surface area contributed by atoms with Crippen LogP contribution in [-0.2, 0) is 0 Å². The number of para-hydroxylation sites is 2. The van der Waals surface area contributed by atoms with Crippen molar-refractivity contribution in [1.29, 1.82) is 0 Å². The summed E-state index contributed by atoms with van der Waals surface area (Å²) in [6.45, 7) is 0. The van der Waals surface area contributed by atoms with Gasteiger partial charge in [-0.15, -0.1) is 0 Å². The molecule has 1 N–H and O–H groups in total. The molecule has 1 aliphatic rings. The molecule has 1 amide bonds. The summed E-state index contributed by atoms with van der Waals surface area (Å²) in [5.41, 5.74) is 2.44. The van der Waals surface area contributed by atoms with Crippen LogP contribution in [0, 0.1) is 5.82 Å². The smallest absolute Gasteiger partial charge is 0.262 e. The maximum absolute atomic E-state index is 14.4. The molecule has 1 atom stereocenters. The summed E-state index contributed by atoms with van der Waals surface area (Å²) in [6, 6.07) is 23.1. The first-order valence-corrected chi connectivity index (χ1v) is 7.74. The van der Waals surface area contributed by atoms with E-state index in [2.05, 4.69) is 5.32 Å². The first-order chi connectivity index (χ1) is 11.8. The highest BCUT2D eigenvalue weighted by Crippen LogP contribution is 2.37. The number of hydrogen-bond acceptors (Lipinski definition) is 2. The molecule has 0 aliphatic carbocycles. The third-order valence-corrected chi connectivity index (χ3v) is 4.16. The molecular formula is C20H15FN2O. The van der Waals surface area contributed by atoms with Gasteiger partial charge in [0.15, 0.2) is 0 Å². The van der Waals surface area contributed by atoms with Crippen LogP contribution in [0.3, 0.4) is 0 Å². The number of carbonyl (C=O) groups excluding carboxylic acids is 1. The summed E-state index contributed by atoms with van der Waals surface area (Å²) in [7, 11) is 0. The van der Waals surface area contributed by atoms with Crippen molar-refractivity contribution in [2.75, 3.05) is 10.2 Å². The van der Waals surface area contributed by atoms with E-state index in [9.17, 15) is 9.18 Å². The molecule has 1 heterocycles. The molecule has 0 aromatic heterocycles. The van der Waals surface area contributed by atoms with Crippen molar-refractivity contribution in [3.05, 3.63) is 95.8 Å². The van der Waals surface area contributed by atoms with Gasteiger partial charge in [0.25, 0.3) is 5.91 Å². The van der Waals surface area contributed by atoms with Crippen molar-refractivity contribution in [3.63, 3.8) is 0 Å². The first kappa shape index (κ1) is 14.5.